The molecule has 6 nitrogen and oxygen atoms in total. The van der Waals surface area contributed by atoms with Crippen molar-refractivity contribution >= 4 is 17.5 Å². The van der Waals surface area contributed by atoms with Crippen LogP contribution in [0.4, 0.5) is 0 Å². The Balaban J connectivity index is 1.66. The highest BCUT2D eigenvalue weighted by molar-refractivity contribution is 6.30. The fourth-order valence-corrected chi connectivity index (χ4v) is 3.66. The molecule has 0 saturated carbocycles. The third-order valence-electron chi connectivity index (χ3n) is 5.13. The second kappa shape index (κ2) is 10.1. The number of hydrogen-bond donors (Lipinski definition) is 1. The molecule has 2 aromatic heterocycles. The molecular formula is C26H22ClN3O3. The first-order valence-electron chi connectivity index (χ1n) is 10.2. The molecule has 4 rings (SSSR count). The van der Waals surface area contributed by atoms with Crippen LogP contribution in [0.25, 0.3) is 22.4 Å². The lowest BCUT2D eigenvalue weighted by Crippen LogP contribution is -2.24. The van der Waals surface area contributed by atoms with Crippen molar-refractivity contribution in [3.8, 4) is 33.9 Å². The Morgan fingerprint density at radius 2 is 1.73 bits per heavy atom. The van der Waals surface area contributed by atoms with Crippen molar-refractivity contribution in [2.45, 2.75) is 6.54 Å². The summed E-state index contributed by atoms with van der Waals surface area (Å²) in [6, 6.07) is 18.5. The van der Waals surface area contributed by atoms with Crippen LogP contribution in [0.2, 0.25) is 5.02 Å². The summed E-state index contributed by atoms with van der Waals surface area (Å²) in [5.41, 5.74) is 4.30. The minimum atomic E-state index is -0.250. The fraction of sp³-hybridized carbons (Fsp3) is 0.115. The number of carbonyl (C=O) groups excluding carboxylic acids is 1. The number of aromatic nitrogens is 2. The van der Waals surface area contributed by atoms with Gasteiger partial charge in [0.25, 0.3) is 5.91 Å². The van der Waals surface area contributed by atoms with Gasteiger partial charge in [0, 0.05) is 41.3 Å². The highest BCUT2D eigenvalue weighted by Crippen LogP contribution is 2.29. The van der Waals surface area contributed by atoms with Gasteiger partial charge < -0.3 is 14.8 Å². The third-order valence-corrected chi connectivity index (χ3v) is 5.36. The molecule has 0 aliphatic carbocycles. The van der Waals surface area contributed by atoms with Gasteiger partial charge in [-0.2, -0.15) is 0 Å². The van der Waals surface area contributed by atoms with Crippen LogP contribution in [0.15, 0.2) is 79.3 Å². The van der Waals surface area contributed by atoms with Gasteiger partial charge >= 0.3 is 0 Å². The van der Waals surface area contributed by atoms with Crippen LogP contribution >= 0.6 is 11.6 Å². The van der Waals surface area contributed by atoms with Gasteiger partial charge in [0.2, 0.25) is 0 Å². The van der Waals surface area contributed by atoms with Crippen molar-refractivity contribution < 1.29 is 14.3 Å². The van der Waals surface area contributed by atoms with Gasteiger partial charge in [-0.1, -0.05) is 29.8 Å². The normalized spacial score (nSPS) is 10.5. The Morgan fingerprint density at radius 1 is 0.909 bits per heavy atom. The highest BCUT2D eigenvalue weighted by Gasteiger charge is 2.17. The van der Waals surface area contributed by atoms with Crippen molar-refractivity contribution in [2.24, 2.45) is 0 Å². The predicted molar refractivity (Wildman–Crippen MR) is 129 cm³/mol. The van der Waals surface area contributed by atoms with E-state index in [0.717, 1.165) is 22.3 Å². The van der Waals surface area contributed by atoms with E-state index in [0.29, 0.717) is 34.3 Å². The zero-order valence-corrected chi connectivity index (χ0v) is 19.0. The fourth-order valence-electron chi connectivity index (χ4n) is 3.46. The lowest BCUT2D eigenvalue weighted by atomic mass is 10.0. The van der Waals surface area contributed by atoms with Gasteiger partial charge in [0.05, 0.1) is 25.5 Å². The number of hydrogen-bond acceptors (Lipinski definition) is 5. The first-order chi connectivity index (χ1) is 16.1. The van der Waals surface area contributed by atoms with Crippen molar-refractivity contribution in [2.75, 3.05) is 14.2 Å². The van der Waals surface area contributed by atoms with Crippen LogP contribution in [0.5, 0.6) is 11.5 Å². The molecule has 4 aromatic rings. The number of nitrogens with zero attached hydrogens (tertiary/aromatic N) is 2. The second-order valence-corrected chi connectivity index (χ2v) is 7.68. The molecule has 0 fully saturated rings. The van der Waals surface area contributed by atoms with E-state index in [1.807, 2.05) is 54.6 Å². The van der Waals surface area contributed by atoms with E-state index in [-0.39, 0.29) is 5.91 Å². The summed E-state index contributed by atoms with van der Waals surface area (Å²) in [4.78, 5) is 22.1. The number of rotatable bonds is 7. The van der Waals surface area contributed by atoms with Gasteiger partial charge in [-0.05, 0) is 53.6 Å². The maximum atomic E-state index is 13.3. The molecule has 1 amide bonds. The molecule has 0 unspecified atom stereocenters. The van der Waals surface area contributed by atoms with Crippen LogP contribution < -0.4 is 14.8 Å². The minimum Gasteiger partial charge on any atom is -0.493 e. The molecule has 2 heterocycles. The van der Waals surface area contributed by atoms with Crippen LogP contribution in [0, 0.1) is 0 Å². The summed E-state index contributed by atoms with van der Waals surface area (Å²) >= 11 is 6.16. The van der Waals surface area contributed by atoms with Gasteiger partial charge in [-0.3, -0.25) is 14.8 Å². The predicted octanol–water partition coefficient (Wildman–Crippen LogP) is 5.41. The number of carbonyl (C=O) groups is 1. The third kappa shape index (κ3) is 5.13. The molecule has 0 saturated heterocycles. The summed E-state index contributed by atoms with van der Waals surface area (Å²) in [6.45, 7) is 0.313. The van der Waals surface area contributed by atoms with Crippen molar-refractivity contribution in [1.82, 2.24) is 15.3 Å². The Hall–Kier alpha value is -3.90. The molecule has 0 bridgehead atoms. The summed E-state index contributed by atoms with van der Waals surface area (Å²) in [5, 5.41) is 3.60. The molecule has 166 valence electrons. The minimum absolute atomic E-state index is 0.250. The standard InChI is InChI=1S/C26H22ClN3O3/c1-32-23-9-8-17(11-24(23)33-2)14-30-26(31)22-13-20(18-5-3-7-21(27)12-18)16-29-25(22)19-6-4-10-28-15-19/h3-13,15-16H,14H2,1-2H3,(H,30,31). The number of benzene rings is 2. The van der Waals surface area contributed by atoms with Gasteiger partial charge in [0.1, 0.15) is 0 Å². The second-order valence-electron chi connectivity index (χ2n) is 7.24. The van der Waals surface area contributed by atoms with Gasteiger partial charge in [0.15, 0.2) is 11.5 Å². The van der Waals surface area contributed by atoms with Crippen LogP contribution in [-0.4, -0.2) is 30.1 Å². The number of ether oxygens (including phenoxy) is 2. The van der Waals surface area contributed by atoms with E-state index < -0.39 is 0 Å². The number of pyridine rings is 2. The van der Waals surface area contributed by atoms with Gasteiger partial charge in [-0.25, -0.2) is 0 Å². The summed E-state index contributed by atoms with van der Waals surface area (Å²) < 4.78 is 10.6. The lowest BCUT2D eigenvalue weighted by Gasteiger charge is -2.13. The first-order valence-corrected chi connectivity index (χ1v) is 10.6. The Kier molecular flexibility index (Phi) is 6.86. The first kappa shape index (κ1) is 22.3. The molecule has 2 aromatic carbocycles. The molecule has 1 N–H and O–H groups in total. The van der Waals surface area contributed by atoms with Crippen molar-refractivity contribution in [3.05, 3.63) is 95.4 Å². The number of halogens is 1. The van der Waals surface area contributed by atoms with Gasteiger partial charge in [-0.15, -0.1) is 0 Å². The Labute approximate surface area is 197 Å². The molecule has 0 radical (unpaired) electrons. The van der Waals surface area contributed by atoms with Crippen LogP contribution in [-0.2, 0) is 6.54 Å². The SMILES string of the molecule is COc1ccc(CNC(=O)c2cc(-c3cccc(Cl)c3)cnc2-c2cccnc2)cc1OC. The Bertz CT molecular complexity index is 1280. The van der Waals surface area contributed by atoms with E-state index in [9.17, 15) is 4.79 Å². The van der Waals surface area contributed by atoms with E-state index in [1.165, 1.54) is 0 Å². The number of nitrogens with one attached hydrogen (secondary N) is 1. The summed E-state index contributed by atoms with van der Waals surface area (Å²) in [7, 11) is 3.16. The molecular weight excluding hydrogens is 438 g/mol. The van der Waals surface area contributed by atoms with E-state index >= 15 is 0 Å². The maximum absolute atomic E-state index is 13.3. The largest absolute Gasteiger partial charge is 0.493 e. The average Bonchev–Trinajstić information content (AvgIpc) is 2.87. The van der Waals surface area contributed by atoms with Crippen molar-refractivity contribution in [1.29, 1.82) is 0 Å². The molecule has 0 aliphatic rings. The topological polar surface area (TPSA) is 73.3 Å². The molecule has 0 atom stereocenters. The van der Waals surface area contributed by atoms with E-state index in [4.69, 9.17) is 21.1 Å². The number of methoxy groups -OCH3 is 2. The zero-order chi connectivity index (χ0) is 23.2. The molecule has 33 heavy (non-hydrogen) atoms. The van der Waals surface area contributed by atoms with Crippen LogP contribution in [0.3, 0.4) is 0 Å². The Morgan fingerprint density at radius 3 is 2.45 bits per heavy atom. The molecule has 7 heteroatoms. The monoisotopic (exact) mass is 459 g/mol. The quantitative estimate of drug-likeness (QED) is 0.400. The smallest absolute Gasteiger partial charge is 0.253 e. The summed E-state index contributed by atoms with van der Waals surface area (Å²) in [5.74, 6) is 0.981. The maximum Gasteiger partial charge on any atom is 0.253 e. The van der Waals surface area contributed by atoms with Crippen molar-refractivity contribution in [3.63, 3.8) is 0 Å². The highest BCUT2D eigenvalue weighted by atomic mass is 35.5. The summed E-state index contributed by atoms with van der Waals surface area (Å²) in [6.07, 6.45) is 5.10. The number of amides is 1. The molecule has 0 aliphatic heterocycles. The van der Waals surface area contributed by atoms with Crippen LogP contribution in [0.1, 0.15) is 15.9 Å². The lowest BCUT2D eigenvalue weighted by molar-refractivity contribution is 0.0951. The van der Waals surface area contributed by atoms with E-state index in [2.05, 4.69) is 15.3 Å². The van der Waals surface area contributed by atoms with E-state index in [1.54, 1.807) is 38.9 Å². The average molecular weight is 460 g/mol. The zero-order valence-electron chi connectivity index (χ0n) is 18.2. The molecule has 0 spiro atoms.